The summed E-state index contributed by atoms with van der Waals surface area (Å²) >= 11 is 0. The summed E-state index contributed by atoms with van der Waals surface area (Å²) in [5.41, 5.74) is 8.73. The van der Waals surface area contributed by atoms with Gasteiger partial charge >= 0.3 is 0 Å². The molecule has 2 aromatic carbocycles. The number of aryl methyl sites for hydroxylation is 1. The Bertz CT molecular complexity index is 1140. The van der Waals surface area contributed by atoms with E-state index in [4.69, 9.17) is 11.6 Å². The number of hydrazone groups is 1. The topological polar surface area (TPSA) is 111 Å². The van der Waals surface area contributed by atoms with Gasteiger partial charge in [-0.2, -0.15) is 5.10 Å². The first-order valence-corrected chi connectivity index (χ1v) is 9.81. The summed E-state index contributed by atoms with van der Waals surface area (Å²) in [5, 5.41) is 6.56. The molecule has 3 aromatic rings. The Balaban J connectivity index is 1.57. The second-order valence-electron chi connectivity index (χ2n) is 7.37. The molecule has 1 aliphatic rings. The molecule has 1 aliphatic carbocycles. The second-order valence-corrected chi connectivity index (χ2v) is 7.37. The molecule has 1 aromatic heterocycles. The molecule has 4 rings (SSSR count). The van der Waals surface area contributed by atoms with Crippen LogP contribution in [0.5, 0.6) is 0 Å². The van der Waals surface area contributed by atoms with Crippen LogP contribution in [0.1, 0.15) is 36.3 Å². The van der Waals surface area contributed by atoms with Gasteiger partial charge in [0.25, 0.3) is 5.56 Å². The zero-order valence-corrected chi connectivity index (χ0v) is 16.4. The highest BCUT2D eigenvalue weighted by molar-refractivity contribution is 5.80. The van der Waals surface area contributed by atoms with Crippen LogP contribution < -0.4 is 22.5 Å². The lowest BCUT2D eigenvalue weighted by atomic mass is 10.1. The van der Waals surface area contributed by atoms with E-state index in [0.717, 1.165) is 35.3 Å². The zero-order chi connectivity index (χ0) is 21.1. The highest BCUT2D eigenvalue weighted by Gasteiger charge is 2.27. The lowest BCUT2D eigenvalue weighted by molar-refractivity contribution is 0.626. The fraction of sp³-hybridized carbons (Fsp3) is 0.227. The summed E-state index contributed by atoms with van der Waals surface area (Å²) < 4.78 is 15.2. The van der Waals surface area contributed by atoms with Gasteiger partial charge in [-0.1, -0.05) is 12.1 Å². The van der Waals surface area contributed by atoms with E-state index in [2.05, 4.69) is 15.4 Å². The molecule has 154 valence electrons. The maximum atomic E-state index is 13.7. The largest absolute Gasteiger partial charge is 0.386 e. The molecule has 0 amide bonds. The Labute approximate surface area is 173 Å². The van der Waals surface area contributed by atoms with Gasteiger partial charge in [0, 0.05) is 30.2 Å². The molecule has 0 bridgehead atoms. The monoisotopic (exact) mass is 406 g/mol. The van der Waals surface area contributed by atoms with Crippen molar-refractivity contribution in [1.29, 1.82) is 0 Å². The average Bonchev–Trinajstić information content (AvgIpc) is 3.60. The van der Waals surface area contributed by atoms with Crippen molar-refractivity contribution >= 4 is 17.3 Å². The van der Waals surface area contributed by atoms with Crippen molar-refractivity contribution in [2.24, 2.45) is 16.7 Å². The highest BCUT2D eigenvalue weighted by Crippen LogP contribution is 2.44. The van der Waals surface area contributed by atoms with Gasteiger partial charge in [0.2, 0.25) is 0 Å². The first-order valence-electron chi connectivity index (χ1n) is 9.81. The quantitative estimate of drug-likeness (QED) is 0.242. The SMILES string of the molecule is N/N=C(\N)CCc1ccc(-n2ccnc(Nc3ccc(F)cc3C3CC3)c2=O)cc1. The standard InChI is InChI=1S/C22H23FN6O/c23-16-6-9-19(18(13-16)15-4-5-15)27-21-22(30)29(12-11-26-21)17-7-1-14(2-8-17)3-10-20(24)28-25/h1-2,6-9,11-13,15H,3-5,10,25H2,(H2,24,28)(H,26,27). The fourth-order valence-electron chi connectivity index (χ4n) is 3.37. The number of benzene rings is 2. The van der Waals surface area contributed by atoms with Gasteiger partial charge in [-0.3, -0.25) is 9.36 Å². The van der Waals surface area contributed by atoms with Crippen LogP contribution in [0, 0.1) is 5.82 Å². The third-order valence-corrected chi connectivity index (χ3v) is 5.17. The Kier molecular flexibility index (Phi) is 5.47. The number of hydrogen-bond acceptors (Lipinski definition) is 5. The third-order valence-electron chi connectivity index (χ3n) is 5.17. The van der Waals surface area contributed by atoms with E-state index < -0.39 is 0 Å². The normalized spacial score (nSPS) is 14.0. The minimum absolute atomic E-state index is 0.196. The van der Waals surface area contributed by atoms with E-state index >= 15 is 0 Å². The van der Waals surface area contributed by atoms with Crippen LogP contribution in [-0.4, -0.2) is 15.4 Å². The molecule has 0 radical (unpaired) electrons. The Morgan fingerprint density at radius 3 is 2.70 bits per heavy atom. The van der Waals surface area contributed by atoms with E-state index in [1.54, 1.807) is 18.5 Å². The fourth-order valence-corrected chi connectivity index (χ4v) is 3.37. The van der Waals surface area contributed by atoms with Crippen LogP contribution in [0.2, 0.25) is 0 Å². The maximum absolute atomic E-state index is 13.7. The van der Waals surface area contributed by atoms with Gasteiger partial charge in [0.15, 0.2) is 5.82 Å². The summed E-state index contributed by atoms with van der Waals surface area (Å²) in [6, 6.07) is 12.2. The summed E-state index contributed by atoms with van der Waals surface area (Å²) in [6.07, 6.45) is 6.52. The molecule has 1 saturated carbocycles. The van der Waals surface area contributed by atoms with E-state index in [1.165, 1.54) is 16.7 Å². The summed E-state index contributed by atoms with van der Waals surface area (Å²) in [7, 11) is 0. The Morgan fingerprint density at radius 2 is 2.00 bits per heavy atom. The van der Waals surface area contributed by atoms with Crippen molar-refractivity contribution in [3.63, 3.8) is 0 Å². The number of hydrogen-bond donors (Lipinski definition) is 3. The first-order chi connectivity index (χ1) is 14.5. The molecule has 1 fully saturated rings. The van der Waals surface area contributed by atoms with Crippen LogP contribution in [-0.2, 0) is 6.42 Å². The van der Waals surface area contributed by atoms with Gasteiger partial charge in [0.1, 0.15) is 11.7 Å². The number of aromatic nitrogens is 2. The molecular formula is C22H23FN6O. The number of nitrogens with two attached hydrogens (primary N) is 2. The lowest BCUT2D eigenvalue weighted by Gasteiger charge is -2.13. The number of halogens is 1. The lowest BCUT2D eigenvalue weighted by Crippen LogP contribution is -2.22. The molecule has 0 aliphatic heterocycles. The molecule has 30 heavy (non-hydrogen) atoms. The second kappa shape index (κ2) is 8.36. The van der Waals surface area contributed by atoms with Crippen molar-refractivity contribution in [3.05, 3.63) is 82.2 Å². The van der Waals surface area contributed by atoms with Crippen molar-refractivity contribution in [3.8, 4) is 5.69 Å². The van der Waals surface area contributed by atoms with Crippen LogP contribution in [0.4, 0.5) is 15.9 Å². The zero-order valence-electron chi connectivity index (χ0n) is 16.4. The first kappa shape index (κ1) is 19.6. The van der Waals surface area contributed by atoms with E-state index in [0.29, 0.717) is 24.6 Å². The van der Waals surface area contributed by atoms with E-state index in [-0.39, 0.29) is 17.2 Å². The van der Waals surface area contributed by atoms with Crippen LogP contribution in [0.25, 0.3) is 5.69 Å². The van der Waals surface area contributed by atoms with Crippen LogP contribution >= 0.6 is 0 Å². The molecule has 7 nitrogen and oxygen atoms in total. The highest BCUT2D eigenvalue weighted by atomic mass is 19.1. The summed E-state index contributed by atoms with van der Waals surface area (Å²) in [5.74, 6) is 5.80. The molecule has 0 atom stereocenters. The Morgan fingerprint density at radius 1 is 1.23 bits per heavy atom. The number of anilines is 2. The van der Waals surface area contributed by atoms with Gasteiger partial charge in [-0.05, 0) is 66.6 Å². The number of nitrogens with zero attached hydrogens (tertiary/aromatic N) is 3. The number of nitrogens with one attached hydrogen (secondary N) is 1. The molecular weight excluding hydrogens is 383 g/mol. The molecule has 1 heterocycles. The van der Waals surface area contributed by atoms with Crippen molar-refractivity contribution in [1.82, 2.24) is 9.55 Å². The molecule has 0 saturated heterocycles. The molecule has 0 unspecified atom stereocenters. The van der Waals surface area contributed by atoms with Gasteiger partial charge in [-0.25, -0.2) is 9.37 Å². The Hall–Kier alpha value is -3.68. The van der Waals surface area contributed by atoms with E-state index in [9.17, 15) is 9.18 Å². The van der Waals surface area contributed by atoms with E-state index in [1.807, 2.05) is 24.3 Å². The predicted octanol–water partition coefficient (Wildman–Crippen LogP) is 3.16. The summed E-state index contributed by atoms with van der Waals surface area (Å²) in [4.78, 5) is 17.2. The summed E-state index contributed by atoms with van der Waals surface area (Å²) in [6.45, 7) is 0. The molecule has 8 heteroatoms. The van der Waals surface area contributed by atoms with Crippen LogP contribution in [0.15, 0.2) is 64.8 Å². The van der Waals surface area contributed by atoms with Crippen molar-refractivity contribution in [2.75, 3.05) is 5.32 Å². The number of rotatable bonds is 7. The number of amidine groups is 1. The third kappa shape index (κ3) is 4.32. The van der Waals surface area contributed by atoms with Crippen LogP contribution in [0.3, 0.4) is 0 Å². The molecule has 0 spiro atoms. The van der Waals surface area contributed by atoms with Gasteiger partial charge in [0.05, 0.1) is 0 Å². The minimum atomic E-state index is -0.282. The average molecular weight is 406 g/mol. The van der Waals surface area contributed by atoms with Gasteiger partial charge < -0.3 is 16.9 Å². The smallest absolute Gasteiger partial charge is 0.298 e. The predicted molar refractivity (Wildman–Crippen MR) is 116 cm³/mol. The minimum Gasteiger partial charge on any atom is -0.386 e. The van der Waals surface area contributed by atoms with Crippen molar-refractivity contribution < 1.29 is 4.39 Å². The molecule has 5 N–H and O–H groups in total. The maximum Gasteiger partial charge on any atom is 0.298 e. The van der Waals surface area contributed by atoms with Crippen molar-refractivity contribution in [2.45, 2.75) is 31.6 Å². The van der Waals surface area contributed by atoms with Gasteiger partial charge in [-0.15, -0.1) is 0 Å².